The molecule has 1 fully saturated rings. The Labute approximate surface area is 96.9 Å². The summed E-state index contributed by atoms with van der Waals surface area (Å²) in [5, 5.41) is 12.3. The summed E-state index contributed by atoms with van der Waals surface area (Å²) in [6.45, 7) is 3.56. The molecule has 0 aliphatic carbocycles. The topological polar surface area (TPSA) is 69.6 Å². The normalized spacial score (nSPS) is 28.1. The van der Waals surface area contributed by atoms with Crippen molar-refractivity contribution < 1.29 is 14.7 Å². The molecule has 1 saturated heterocycles. The van der Waals surface area contributed by atoms with Crippen LogP contribution in [0.1, 0.15) is 20.3 Å². The molecule has 2 unspecified atom stereocenters. The van der Waals surface area contributed by atoms with Crippen molar-refractivity contribution in [3.8, 4) is 0 Å². The van der Waals surface area contributed by atoms with Crippen LogP contribution >= 0.6 is 15.9 Å². The van der Waals surface area contributed by atoms with E-state index in [4.69, 9.17) is 0 Å². The first-order chi connectivity index (χ1) is 6.94. The molecule has 0 aromatic heterocycles. The number of aliphatic hydroxyl groups is 1. The number of rotatable bonds is 4. The Morgan fingerprint density at radius 2 is 2.20 bits per heavy atom. The molecule has 0 aromatic carbocycles. The summed E-state index contributed by atoms with van der Waals surface area (Å²) in [6.07, 6.45) is -0.183. The molecule has 0 bridgehead atoms. The van der Waals surface area contributed by atoms with Crippen LogP contribution < -0.4 is 5.32 Å². The highest BCUT2D eigenvalue weighted by Crippen LogP contribution is 2.20. The van der Waals surface area contributed by atoms with Gasteiger partial charge in [0.2, 0.25) is 0 Å². The molecule has 86 valence electrons. The summed E-state index contributed by atoms with van der Waals surface area (Å²) in [7, 11) is 0. The summed E-state index contributed by atoms with van der Waals surface area (Å²) < 4.78 is 0. The molecule has 2 atom stereocenters. The lowest BCUT2D eigenvalue weighted by molar-refractivity contribution is -0.131. The third-order valence-corrected chi connectivity index (χ3v) is 3.37. The Morgan fingerprint density at radius 1 is 1.60 bits per heavy atom. The number of aliphatic hydroxyl groups excluding tert-OH is 1. The maximum Gasteiger partial charge on any atom is 0.325 e. The van der Waals surface area contributed by atoms with Crippen LogP contribution in [0, 0.1) is 0 Å². The number of carbonyl (C=O) groups is 2. The van der Waals surface area contributed by atoms with Crippen molar-refractivity contribution in [3.63, 3.8) is 0 Å². The van der Waals surface area contributed by atoms with Crippen molar-refractivity contribution in [1.82, 2.24) is 10.2 Å². The molecule has 3 amide bonds. The van der Waals surface area contributed by atoms with Crippen molar-refractivity contribution >= 4 is 27.9 Å². The van der Waals surface area contributed by atoms with E-state index in [1.54, 1.807) is 6.92 Å². The predicted octanol–water partition coefficient (Wildman–Crippen LogP) is 0.463. The Morgan fingerprint density at radius 3 is 2.60 bits per heavy atom. The second-order valence-corrected chi connectivity index (χ2v) is 4.49. The molecule has 15 heavy (non-hydrogen) atoms. The molecular formula is C9H15BrN2O3. The standard InChI is InChI=1S/C9H15BrN2O3/c1-3-9(2)7(14)12(8(15)11-9)5-6(13)4-10/h6,13H,3-5H2,1-2H3,(H,11,15). The van der Waals surface area contributed by atoms with Gasteiger partial charge in [0.05, 0.1) is 12.6 Å². The van der Waals surface area contributed by atoms with Gasteiger partial charge in [-0.25, -0.2) is 4.79 Å². The highest BCUT2D eigenvalue weighted by molar-refractivity contribution is 9.09. The molecule has 6 heteroatoms. The number of hydrogen-bond acceptors (Lipinski definition) is 3. The Balaban J connectivity index is 2.76. The summed E-state index contributed by atoms with van der Waals surface area (Å²) >= 11 is 3.09. The number of carbonyl (C=O) groups excluding carboxylic acids is 2. The van der Waals surface area contributed by atoms with Gasteiger partial charge < -0.3 is 10.4 Å². The third-order valence-electron chi connectivity index (χ3n) is 2.62. The highest BCUT2D eigenvalue weighted by atomic mass is 79.9. The predicted molar refractivity (Wildman–Crippen MR) is 58.7 cm³/mol. The van der Waals surface area contributed by atoms with E-state index in [1.807, 2.05) is 6.92 Å². The minimum atomic E-state index is -0.816. The van der Waals surface area contributed by atoms with E-state index >= 15 is 0 Å². The fraction of sp³-hybridized carbons (Fsp3) is 0.778. The fourth-order valence-corrected chi connectivity index (χ4v) is 1.62. The van der Waals surface area contributed by atoms with Crippen LogP contribution in [-0.2, 0) is 4.79 Å². The molecule has 1 aliphatic heterocycles. The van der Waals surface area contributed by atoms with Gasteiger partial charge >= 0.3 is 6.03 Å². The largest absolute Gasteiger partial charge is 0.390 e. The van der Waals surface area contributed by atoms with Crippen LogP contribution in [-0.4, -0.2) is 45.5 Å². The number of hydrogen-bond donors (Lipinski definition) is 2. The Kier molecular flexibility index (Phi) is 3.72. The van der Waals surface area contributed by atoms with Crippen LogP contribution in [0.5, 0.6) is 0 Å². The van der Waals surface area contributed by atoms with Gasteiger partial charge in [-0.1, -0.05) is 22.9 Å². The second kappa shape index (κ2) is 4.49. The SMILES string of the molecule is CCC1(C)NC(=O)N(CC(O)CBr)C1=O. The van der Waals surface area contributed by atoms with Gasteiger partial charge in [0.25, 0.3) is 5.91 Å². The minimum absolute atomic E-state index is 0.0332. The lowest BCUT2D eigenvalue weighted by Crippen LogP contribution is -2.44. The highest BCUT2D eigenvalue weighted by Gasteiger charge is 2.46. The summed E-state index contributed by atoms with van der Waals surface area (Å²) in [5.74, 6) is -0.269. The molecule has 1 rings (SSSR count). The molecule has 1 heterocycles. The number of amides is 3. The first kappa shape index (κ1) is 12.4. The number of halogens is 1. The van der Waals surface area contributed by atoms with E-state index in [9.17, 15) is 14.7 Å². The number of imide groups is 1. The van der Waals surface area contributed by atoms with Crippen LogP contribution in [0.3, 0.4) is 0 Å². The van der Waals surface area contributed by atoms with E-state index in [-0.39, 0.29) is 12.5 Å². The zero-order chi connectivity index (χ0) is 11.6. The molecule has 2 N–H and O–H groups in total. The molecule has 5 nitrogen and oxygen atoms in total. The summed E-state index contributed by atoms with van der Waals surface area (Å²) in [4.78, 5) is 24.4. The average molecular weight is 279 g/mol. The molecule has 1 aliphatic rings. The van der Waals surface area contributed by atoms with Gasteiger partial charge in [-0.2, -0.15) is 0 Å². The summed E-state index contributed by atoms with van der Waals surface area (Å²) in [6, 6.07) is -0.427. The molecular weight excluding hydrogens is 264 g/mol. The monoisotopic (exact) mass is 278 g/mol. The lowest BCUT2D eigenvalue weighted by atomic mass is 9.99. The van der Waals surface area contributed by atoms with Crippen LogP contribution in [0.15, 0.2) is 0 Å². The van der Waals surface area contributed by atoms with Crippen molar-refractivity contribution in [1.29, 1.82) is 0 Å². The first-order valence-electron chi connectivity index (χ1n) is 4.82. The Bertz CT molecular complexity index is 285. The van der Waals surface area contributed by atoms with E-state index < -0.39 is 17.7 Å². The zero-order valence-electron chi connectivity index (χ0n) is 8.79. The number of nitrogens with one attached hydrogen (secondary N) is 1. The van der Waals surface area contributed by atoms with E-state index in [0.29, 0.717) is 11.8 Å². The Hall–Kier alpha value is -0.620. The summed E-state index contributed by atoms with van der Waals surface area (Å²) in [5.41, 5.74) is -0.816. The van der Waals surface area contributed by atoms with Crippen molar-refractivity contribution in [3.05, 3.63) is 0 Å². The second-order valence-electron chi connectivity index (χ2n) is 3.84. The van der Waals surface area contributed by atoms with Gasteiger partial charge in [-0.05, 0) is 13.3 Å². The van der Waals surface area contributed by atoms with E-state index in [0.717, 1.165) is 4.90 Å². The quantitative estimate of drug-likeness (QED) is 0.580. The number of nitrogens with zero attached hydrogens (tertiary/aromatic N) is 1. The van der Waals surface area contributed by atoms with Gasteiger partial charge in [0.15, 0.2) is 0 Å². The van der Waals surface area contributed by atoms with Crippen molar-refractivity contribution in [2.75, 3.05) is 11.9 Å². The van der Waals surface area contributed by atoms with Crippen LogP contribution in [0.4, 0.5) is 4.79 Å². The number of alkyl halides is 1. The van der Waals surface area contributed by atoms with Gasteiger partial charge in [-0.3, -0.25) is 9.69 Å². The van der Waals surface area contributed by atoms with Crippen molar-refractivity contribution in [2.45, 2.75) is 31.9 Å². The van der Waals surface area contributed by atoms with Gasteiger partial charge in [-0.15, -0.1) is 0 Å². The molecule has 0 spiro atoms. The number of urea groups is 1. The molecule has 0 aromatic rings. The first-order valence-corrected chi connectivity index (χ1v) is 5.95. The average Bonchev–Trinajstić information content (AvgIpc) is 2.42. The van der Waals surface area contributed by atoms with E-state index in [1.165, 1.54) is 0 Å². The smallest absolute Gasteiger partial charge is 0.325 e. The lowest BCUT2D eigenvalue weighted by Gasteiger charge is -2.20. The fourth-order valence-electron chi connectivity index (χ4n) is 1.41. The van der Waals surface area contributed by atoms with Gasteiger partial charge in [0.1, 0.15) is 5.54 Å². The van der Waals surface area contributed by atoms with E-state index in [2.05, 4.69) is 21.2 Å². The maximum atomic E-state index is 11.8. The molecule has 0 radical (unpaired) electrons. The van der Waals surface area contributed by atoms with Gasteiger partial charge in [0, 0.05) is 5.33 Å². The third kappa shape index (κ3) is 2.31. The van der Waals surface area contributed by atoms with Crippen LogP contribution in [0.2, 0.25) is 0 Å². The van der Waals surface area contributed by atoms with Crippen molar-refractivity contribution in [2.24, 2.45) is 0 Å². The number of β-amino-alcohol motifs (C(OH)–C–C–N with tert-alkyl or cyclic N) is 1. The van der Waals surface area contributed by atoms with Crippen LogP contribution in [0.25, 0.3) is 0 Å². The minimum Gasteiger partial charge on any atom is -0.390 e. The maximum absolute atomic E-state index is 11.8. The molecule has 0 saturated carbocycles. The zero-order valence-corrected chi connectivity index (χ0v) is 10.4.